The van der Waals surface area contributed by atoms with Gasteiger partial charge in [-0.15, -0.1) is 0 Å². The molecule has 1 saturated heterocycles. The van der Waals surface area contributed by atoms with Gasteiger partial charge in [0.15, 0.2) is 0 Å². The van der Waals surface area contributed by atoms with Gasteiger partial charge in [-0.3, -0.25) is 0 Å². The highest BCUT2D eigenvalue weighted by Gasteiger charge is 2.18. The molecule has 2 rings (SSSR count). The molecule has 0 bridgehead atoms. The van der Waals surface area contributed by atoms with E-state index < -0.39 is 0 Å². The van der Waals surface area contributed by atoms with Gasteiger partial charge in [-0.2, -0.15) is 0 Å². The highest BCUT2D eigenvalue weighted by molar-refractivity contribution is 5.74. The maximum absolute atomic E-state index is 6.19. The number of piperazine rings is 1. The molecule has 0 unspecified atom stereocenters. The molecule has 0 amide bonds. The summed E-state index contributed by atoms with van der Waals surface area (Å²) in [5.41, 5.74) is 8.06. The molecule has 0 aromatic heterocycles. The lowest BCUT2D eigenvalue weighted by atomic mass is 10.2. The summed E-state index contributed by atoms with van der Waals surface area (Å²) >= 11 is 0. The summed E-state index contributed by atoms with van der Waals surface area (Å²) in [7, 11) is 0. The number of nitrogens with zero attached hydrogens (tertiary/aromatic N) is 2. The van der Waals surface area contributed by atoms with Gasteiger partial charge in [0.25, 0.3) is 0 Å². The topological polar surface area (TPSA) is 41.7 Å². The predicted molar refractivity (Wildman–Crippen MR) is 76.4 cm³/mol. The smallest absolute Gasteiger partial charge is 0.144 e. The third-order valence-corrected chi connectivity index (χ3v) is 3.50. The van der Waals surface area contributed by atoms with E-state index in [4.69, 9.17) is 10.5 Å². The average molecular weight is 249 g/mol. The van der Waals surface area contributed by atoms with Crippen LogP contribution in [0.4, 0.5) is 11.4 Å². The number of nitrogen functional groups attached to an aromatic ring is 1. The van der Waals surface area contributed by atoms with Crippen LogP contribution in [0.2, 0.25) is 0 Å². The van der Waals surface area contributed by atoms with Crippen molar-refractivity contribution in [1.29, 1.82) is 0 Å². The second kappa shape index (κ2) is 5.96. The van der Waals surface area contributed by atoms with Crippen LogP contribution in [0, 0.1) is 0 Å². The Labute approximate surface area is 109 Å². The number of anilines is 2. The predicted octanol–water partition coefficient (Wildman–Crippen LogP) is 1.81. The molecule has 18 heavy (non-hydrogen) atoms. The third-order valence-electron chi connectivity index (χ3n) is 3.50. The van der Waals surface area contributed by atoms with Crippen molar-refractivity contribution >= 4 is 11.4 Å². The Morgan fingerprint density at radius 2 is 1.89 bits per heavy atom. The lowest BCUT2D eigenvalue weighted by Gasteiger charge is -2.36. The molecule has 1 heterocycles. The van der Waals surface area contributed by atoms with E-state index in [-0.39, 0.29) is 0 Å². The van der Waals surface area contributed by atoms with Gasteiger partial charge in [0.2, 0.25) is 0 Å². The first-order valence-electron chi connectivity index (χ1n) is 6.74. The number of para-hydroxylation sites is 1. The normalized spacial score (nSPS) is 16.9. The van der Waals surface area contributed by atoms with Crippen LogP contribution < -0.4 is 15.4 Å². The third kappa shape index (κ3) is 2.70. The van der Waals surface area contributed by atoms with E-state index in [0.717, 1.165) is 49.8 Å². The zero-order valence-electron chi connectivity index (χ0n) is 11.4. The Bertz CT molecular complexity index is 387. The Morgan fingerprint density at radius 3 is 2.50 bits per heavy atom. The van der Waals surface area contributed by atoms with Gasteiger partial charge >= 0.3 is 0 Å². The van der Waals surface area contributed by atoms with Crippen molar-refractivity contribution in [3.05, 3.63) is 18.2 Å². The minimum Gasteiger partial charge on any atom is -0.492 e. The van der Waals surface area contributed by atoms with Crippen molar-refractivity contribution < 1.29 is 4.74 Å². The van der Waals surface area contributed by atoms with Crippen molar-refractivity contribution in [2.24, 2.45) is 0 Å². The van der Waals surface area contributed by atoms with Crippen molar-refractivity contribution in [2.75, 3.05) is 50.0 Å². The summed E-state index contributed by atoms with van der Waals surface area (Å²) in [6, 6.07) is 6.03. The Morgan fingerprint density at radius 1 is 1.17 bits per heavy atom. The zero-order valence-corrected chi connectivity index (χ0v) is 11.4. The summed E-state index contributed by atoms with van der Waals surface area (Å²) in [6.07, 6.45) is 0. The summed E-state index contributed by atoms with van der Waals surface area (Å²) in [4.78, 5) is 4.81. The minimum atomic E-state index is 0.650. The molecule has 4 nitrogen and oxygen atoms in total. The fourth-order valence-electron chi connectivity index (χ4n) is 2.39. The number of rotatable bonds is 4. The van der Waals surface area contributed by atoms with Gasteiger partial charge in [-0.25, -0.2) is 0 Å². The molecule has 1 aromatic carbocycles. The molecule has 0 aliphatic carbocycles. The van der Waals surface area contributed by atoms with Gasteiger partial charge in [-0.05, 0) is 25.6 Å². The number of hydrogen-bond acceptors (Lipinski definition) is 4. The van der Waals surface area contributed by atoms with Gasteiger partial charge < -0.3 is 20.3 Å². The number of benzene rings is 1. The average Bonchev–Trinajstić information content (AvgIpc) is 2.42. The Kier molecular flexibility index (Phi) is 4.31. The van der Waals surface area contributed by atoms with E-state index in [1.54, 1.807) is 0 Å². The molecule has 1 aliphatic heterocycles. The molecule has 1 aliphatic rings. The first-order valence-corrected chi connectivity index (χ1v) is 6.74. The summed E-state index contributed by atoms with van der Waals surface area (Å²) in [5.74, 6) is 0.799. The summed E-state index contributed by atoms with van der Waals surface area (Å²) < 4.78 is 5.55. The maximum Gasteiger partial charge on any atom is 0.144 e. The molecule has 0 radical (unpaired) electrons. The lowest BCUT2D eigenvalue weighted by Crippen LogP contribution is -2.46. The quantitative estimate of drug-likeness (QED) is 0.826. The Balaban J connectivity index is 2.11. The van der Waals surface area contributed by atoms with Crippen molar-refractivity contribution in [3.63, 3.8) is 0 Å². The maximum atomic E-state index is 6.19. The Hall–Kier alpha value is -1.42. The van der Waals surface area contributed by atoms with Crippen LogP contribution in [0.5, 0.6) is 5.75 Å². The van der Waals surface area contributed by atoms with Crippen molar-refractivity contribution in [2.45, 2.75) is 13.8 Å². The molecule has 0 spiro atoms. The van der Waals surface area contributed by atoms with Crippen LogP contribution in [-0.4, -0.2) is 44.2 Å². The number of likely N-dealkylation sites (N-methyl/N-ethyl adjacent to an activating group) is 1. The second-order valence-corrected chi connectivity index (χ2v) is 4.54. The molecular formula is C14H23N3O. The molecule has 1 fully saturated rings. The SMILES string of the molecule is CCOc1cccc(N2CCN(CC)CC2)c1N. The fourth-order valence-corrected chi connectivity index (χ4v) is 2.39. The standard InChI is InChI=1S/C14H23N3O/c1-3-16-8-10-17(11-9-16)12-6-5-7-13(14(12)15)18-4-2/h5-7H,3-4,8-11,15H2,1-2H3. The first-order chi connectivity index (χ1) is 8.76. The van der Waals surface area contributed by atoms with Crippen LogP contribution in [0.3, 0.4) is 0 Å². The molecule has 4 heteroatoms. The fraction of sp³-hybridized carbons (Fsp3) is 0.571. The van der Waals surface area contributed by atoms with Gasteiger partial charge in [0, 0.05) is 26.2 Å². The van der Waals surface area contributed by atoms with Gasteiger partial charge in [-0.1, -0.05) is 13.0 Å². The second-order valence-electron chi connectivity index (χ2n) is 4.54. The van der Waals surface area contributed by atoms with Crippen LogP contribution in [0.1, 0.15) is 13.8 Å². The molecule has 2 N–H and O–H groups in total. The molecule has 0 atom stereocenters. The van der Waals surface area contributed by atoms with Crippen LogP contribution in [-0.2, 0) is 0 Å². The van der Waals surface area contributed by atoms with E-state index in [9.17, 15) is 0 Å². The highest BCUT2D eigenvalue weighted by Crippen LogP contribution is 2.32. The number of nitrogens with two attached hydrogens (primary N) is 1. The van der Waals surface area contributed by atoms with E-state index in [2.05, 4.69) is 22.8 Å². The monoisotopic (exact) mass is 249 g/mol. The zero-order chi connectivity index (χ0) is 13.0. The van der Waals surface area contributed by atoms with Crippen LogP contribution >= 0.6 is 0 Å². The highest BCUT2D eigenvalue weighted by atomic mass is 16.5. The van der Waals surface area contributed by atoms with Gasteiger partial charge in [0.1, 0.15) is 5.75 Å². The van der Waals surface area contributed by atoms with Crippen molar-refractivity contribution in [1.82, 2.24) is 4.90 Å². The minimum absolute atomic E-state index is 0.650. The van der Waals surface area contributed by atoms with E-state index >= 15 is 0 Å². The van der Waals surface area contributed by atoms with Crippen LogP contribution in [0.15, 0.2) is 18.2 Å². The van der Waals surface area contributed by atoms with Gasteiger partial charge in [0.05, 0.1) is 18.0 Å². The molecule has 100 valence electrons. The van der Waals surface area contributed by atoms with E-state index in [1.165, 1.54) is 0 Å². The van der Waals surface area contributed by atoms with E-state index in [1.807, 2.05) is 19.1 Å². The lowest BCUT2D eigenvalue weighted by molar-refractivity contribution is 0.271. The first kappa shape index (κ1) is 13.0. The molecule has 1 aromatic rings. The number of ether oxygens (including phenoxy) is 1. The summed E-state index contributed by atoms with van der Waals surface area (Å²) in [5, 5.41) is 0. The molecule has 0 saturated carbocycles. The molecular weight excluding hydrogens is 226 g/mol. The largest absolute Gasteiger partial charge is 0.492 e. The summed E-state index contributed by atoms with van der Waals surface area (Å²) in [6.45, 7) is 10.2. The number of hydrogen-bond donors (Lipinski definition) is 1. The van der Waals surface area contributed by atoms with Crippen molar-refractivity contribution in [3.8, 4) is 5.75 Å². The van der Waals surface area contributed by atoms with E-state index in [0.29, 0.717) is 6.61 Å². The van der Waals surface area contributed by atoms with Crippen LogP contribution in [0.25, 0.3) is 0 Å².